The summed E-state index contributed by atoms with van der Waals surface area (Å²) >= 11 is 0. The lowest BCUT2D eigenvalue weighted by Crippen LogP contribution is -2.26. The predicted molar refractivity (Wildman–Crippen MR) is 78.9 cm³/mol. The lowest BCUT2D eigenvalue weighted by atomic mass is 10.0. The van der Waals surface area contributed by atoms with Gasteiger partial charge < -0.3 is 16.7 Å². The maximum absolute atomic E-state index is 8.81. The molecule has 0 bridgehead atoms. The average Bonchev–Trinajstić information content (AvgIpc) is 2.43. The van der Waals surface area contributed by atoms with Gasteiger partial charge in [0.15, 0.2) is 5.84 Å². The van der Waals surface area contributed by atoms with E-state index in [4.69, 9.17) is 16.7 Å². The smallest absolute Gasteiger partial charge is 0.189 e. The third-order valence-electron chi connectivity index (χ3n) is 2.50. The molecule has 1 aromatic carbocycles. The summed E-state index contributed by atoms with van der Waals surface area (Å²) in [6.07, 6.45) is 0. The first kappa shape index (κ1) is 14.5. The number of aliphatic imine (C=N–C) groups is 1. The molecular formula is C14H18N4O. The zero-order valence-electron chi connectivity index (χ0n) is 11.1. The molecule has 0 fully saturated rings. The van der Waals surface area contributed by atoms with Crippen molar-refractivity contribution in [3.63, 3.8) is 0 Å². The van der Waals surface area contributed by atoms with Crippen LogP contribution in [0.1, 0.15) is 19.4 Å². The number of hydrogen-bond acceptors (Lipinski definition) is 4. The van der Waals surface area contributed by atoms with Crippen LogP contribution in [-0.2, 0) is 0 Å². The highest BCUT2D eigenvalue weighted by molar-refractivity contribution is 6.48. The van der Waals surface area contributed by atoms with Crippen LogP contribution in [0.4, 0.5) is 0 Å². The van der Waals surface area contributed by atoms with Crippen LogP contribution in [0.15, 0.2) is 58.3 Å². The molecule has 0 spiro atoms. The van der Waals surface area contributed by atoms with Crippen LogP contribution in [0.2, 0.25) is 0 Å². The van der Waals surface area contributed by atoms with Gasteiger partial charge in [-0.05, 0) is 19.4 Å². The fourth-order valence-electron chi connectivity index (χ4n) is 1.53. The number of hydrogen-bond donors (Lipinski definition) is 3. The van der Waals surface area contributed by atoms with Crippen molar-refractivity contribution in [1.82, 2.24) is 0 Å². The van der Waals surface area contributed by atoms with Gasteiger partial charge in [0.2, 0.25) is 0 Å². The third kappa shape index (κ3) is 3.70. The second-order valence-corrected chi connectivity index (χ2v) is 4.09. The van der Waals surface area contributed by atoms with Gasteiger partial charge in [-0.25, -0.2) is 0 Å². The summed E-state index contributed by atoms with van der Waals surface area (Å²) in [5, 5.41) is 11.8. The SMILES string of the molecule is C=C(C)/N=C(C(/N)=N/O)\C(C)=C(/N)c1ccccc1. The molecule has 0 saturated heterocycles. The minimum atomic E-state index is -0.0978. The largest absolute Gasteiger partial charge is 0.409 e. The Labute approximate surface area is 112 Å². The predicted octanol–water partition coefficient (Wildman–Crippen LogP) is 2.10. The topological polar surface area (TPSA) is 97.0 Å². The van der Waals surface area contributed by atoms with Crippen LogP contribution in [0.25, 0.3) is 5.70 Å². The first-order valence-electron chi connectivity index (χ1n) is 5.71. The van der Waals surface area contributed by atoms with E-state index in [9.17, 15) is 0 Å². The van der Waals surface area contributed by atoms with Crippen molar-refractivity contribution in [3.05, 3.63) is 53.7 Å². The zero-order valence-corrected chi connectivity index (χ0v) is 11.1. The van der Waals surface area contributed by atoms with E-state index in [0.29, 0.717) is 22.7 Å². The molecule has 0 aromatic heterocycles. The highest BCUT2D eigenvalue weighted by Crippen LogP contribution is 2.15. The zero-order chi connectivity index (χ0) is 14.4. The molecule has 0 atom stereocenters. The Morgan fingerprint density at radius 2 is 1.74 bits per heavy atom. The fourth-order valence-corrected chi connectivity index (χ4v) is 1.53. The second kappa shape index (κ2) is 6.39. The molecule has 5 heteroatoms. The summed E-state index contributed by atoms with van der Waals surface area (Å²) in [6.45, 7) is 7.17. The molecule has 0 radical (unpaired) electrons. The Morgan fingerprint density at radius 3 is 2.21 bits per heavy atom. The lowest BCUT2D eigenvalue weighted by Gasteiger charge is -2.10. The number of amidine groups is 1. The normalized spacial score (nSPS) is 14.0. The number of benzene rings is 1. The first-order valence-corrected chi connectivity index (χ1v) is 5.71. The van der Waals surface area contributed by atoms with Crippen molar-refractivity contribution in [1.29, 1.82) is 0 Å². The lowest BCUT2D eigenvalue weighted by molar-refractivity contribution is 0.319. The van der Waals surface area contributed by atoms with E-state index in [1.54, 1.807) is 13.8 Å². The van der Waals surface area contributed by atoms with Crippen molar-refractivity contribution >= 4 is 17.2 Å². The summed E-state index contributed by atoms with van der Waals surface area (Å²) in [4.78, 5) is 4.16. The molecule has 19 heavy (non-hydrogen) atoms. The van der Waals surface area contributed by atoms with Crippen LogP contribution in [0.3, 0.4) is 0 Å². The van der Waals surface area contributed by atoms with E-state index in [2.05, 4.69) is 16.7 Å². The average molecular weight is 258 g/mol. The van der Waals surface area contributed by atoms with Crippen LogP contribution in [-0.4, -0.2) is 16.8 Å². The Hall–Kier alpha value is -2.56. The van der Waals surface area contributed by atoms with Gasteiger partial charge >= 0.3 is 0 Å². The minimum absolute atomic E-state index is 0.0978. The number of allylic oxidation sites excluding steroid dienone is 1. The summed E-state index contributed by atoms with van der Waals surface area (Å²) in [5.41, 5.74) is 14.6. The molecule has 0 heterocycles. The van der Waals surface area contributed by atoms with Gasteiger partial charge in [-0.1, -0.05) is 42.1 Å². The molecule has 5 nitrogen and oxygen atoms in total. The number of nitrogens with zero attached hydrogens (tertiary/aromatic N) is 2. The van der Waals surface area contributed by atoms with E-state index < -0.39 is 0 Å². The molecule has 0 aliphatic heterocycles. The molecule has 0 amide bonds. The Balaban J connectivity index is 3.34. The minimum Gasteiger partial charge on any atom is -0.409 e. The second-order valence-electron chi connectivity index (χ2n) is 4.09. The van der Waals surface area contributed by atoms with Crippen LogP contribution < -0.4 is 11.5 Å². The Morgan fingerprint density at radius 1 is 1.16 bits per heavy atom. The molecule has 0 aliphatic carbocycles. The summed E-state index contributed by atoms with van der Waals surface area (Å²) in [7, 11) is 0. The molecule has 0 aliphatic rings. The fraction of sp³-hybridized carbons (Fsp3) is 0.143. The van der Waals surface area contributed by atoms with E-state index in [1.807, 2.05) is 30.3 Å². The molecule has 1 aromatic rings. The molecule has 5 N–H and O–H groups in total. The number of oxime groups is 1. The summed E-state index contributed by atoms with van der Waals surface area (Å²) in [5.74, 6) is -0.0978. The highest BCUT2D eigenvalue weighted by atomic mass is 16.4. The molecule has 100 valence electrons. The van der Waals surface area contributed by atoms with Gasteiger partial charge in [0.05, 0.1) is 0 Å². The standard InChI is InChI=1S/C14H18N4O/c1-9(2)17-13(14(16)18-19)10(3)12(15)11-7-5-4-6-8-11/h4-8,19H,1,15H2,2-3H3,(H2,16,18)/b12-10-,17-13+. The quantitative estimate of drug-likeness (QED) is 0.334. The van der Waals surface area contributed by atoms with Crippen molar-refractivity contribution in [2.24, 2.45) is 21.6 Å². The molecule has 1 rings (SSSR count). The van der Waals surface area contributed by atoms with E-state index in [-0.39, 0.29) is 5.84 Å². The summed E-state index contributed by atoms with van der Waals surface area (Å²) in [6, 6.07) is 9.43. The third-order valence-corrected chi connectivity index (χ3v) is 2.50. The molecular weight excluding hydrogens is 240 g/mol. The Bertz CT molecular complexity index is 556. The first-order chi connectivity index (χ1) is 8.97. The Kier molecular flexibility index (Phi) is 4.88. The van der Waals surface area contributed by atoms with E-state index in [0.717, 1.165) is 5.56 Å². The van der Waals surface area contributed by atoms with Crippen LogP contribution in [0.5, 0.6) is 0 Å². The van der Waals surface area contributed by atoms with Gasteiger partial charge in [-0.3, -0.25) is 4.99 Å². The maximum atomic E-state index is 8.81. The van der Waals surface area contributed by atoms with Gasteiger partial charge in [0.25, 0.3) is 0 Å². The van der Waals surface area contributed by atoms with Gasteiger partial charge in [-0.15, -0.1) is 0 Å². The van der Waals surface area contributed by atoms with Gasteiger partial charge in [0.1, 0.15) is 5.71 Å². The molecule has 0 unspecified atom stereocenters. The van der Waals surface area contributed by atoms with E-state index in [1.165, 1.54) is 0 Å². The van der Waals surface area contributed by atoms with Crippen LogP contribution >= 0.6 is 0 Å². The van der Waals surface area contributed by atoms with E-state index >= 15 is 0 Å². The molecule has 0 saturated carbocycles. The van der Waals surface area contributed by atoms with Crippen LogP contribution in [0, 0.1) is 0 Å². The number of rotatable bonds is 4. The van der Waals surface area contributed by atoms with Crippen molar-refractivity contribution in [2.75, 3.05) is 0 Å². The van der Waals surface area contributed by atoms with Crippen molar-refractivity contribution in [2.45, 2.75) is 13.8 Å². The maximum Gasteiger partial charge on any atom is 0.189 e. The van der Waals surface area contributed by atoms with Crippen molar-refractivity contribution in [3.8, 4) is 0 Å². The van der Waals surface area contributed by atoms with Gasteiger partial charge in [0, 0.05) is 17.0 Å². The van der Waals surface area contributed by atoms with Crippen molar-refractivity contribution < 1.29 is 5.21 Å². The summed E-state index contributed by atoms with van der Waals surface area (Å²) < 4.78 is 0. The number of nitrogens with two attached hydrogens (primary N) is 2. The highest BCUT2D eigenvalue weighted by Gasteiger charge is 2.13. The van der Waals surface area contributed by atoms with Gasteiger partial charge in [-0.2, -0.15) is 0 Å². The monoisotopic (exact) mass is 258 g/mol.